The Hall–Kier alpha value is -0.450. The lowest BCUT2D eigenvalue weighted by atomic mass is 10.0. The Labute approximate surface area is 100 Å². The van der Waals surface area contributed by atoms with Crippen LogP contribution in [0.4, 0.5) is 0 Å². The fraction of sp³-hybridized carbons (Fsp3) is 0.750. The predicted octanol–water partition coefficient (Wildman–Crippen LogP) is 2.11. The molecule has 2 aliphatic rings. The van der Waals surface area contributed by atoms with Gasteiger partial charge in [-0.1, -0.05) is 0 Å². The lowest BCUT2D eigenvalue weighted by molar-refractivity contribution is 0.193. The number of rotatable bonds is 2. The van der Waals surface area contributed by atoms with E-state index in [1.165, 1.54) is 30.1 Å². The summed E-state index contributed by atoms with van der Waals surface area (Å²) in [6, 6.07) is 0. The van der Waals surface area contributed by atoms with Crippen molar-refractivity contribution in [2.75, 3.05) is 26.3 Å². The third-order valence-corrected chi connectivity index (χ3v) is 4.56. The van der Waals surface area contributed by atoms with Crippen LogP contribution in [0.2, 0.25) is 0 Å². The van der Waals surface area contributed by atoms with Gasteiger partial charge in [-0.25, -0.2) is 4.98 Å². The number of aromatic nitrogens is 1. The number of nitrogens with one attached hydrogen (secondary N) is 1. The zero-order valence-electron chi connectivity index (χ0n) is 9.45. The topological polar surface area (TPSA) is 34.2 Å². The Bertz CT molecular complexity index is 341. The van der Waals surface area contributed by atoms with Gasteiger partial charge in [0.1, 0.15) is 0 Å². The normalized spacial score (nSPS) is 30.8. The molecule has 2 fully saturated rings. The Kier molecular flexibility index (Phi) is 3.22. The van der Waals surface area contributed by atoms with Crippen LogP contribution in [-0.2, 0) is 4.74 Å². The molecule has 0 aromatic carbocycles. The molecule has 0 amide bonds. The van der Waals surface area contributed by atoms with Crippen molar-refractivity contribution in [2.24, 2.45) is 0 Å². The molecule has 3 nitrogen and oxygen atoms in total. The summed E-state index contributed by atoms with van der Waals surface area (Å²) in [7, 11) is 0. The van der Waals surface area contributed by atoms with Crippen molar-refractivity contribution in [2.45, 2.75) is 31.1 Å². The number of hydrogen-bond acceptors (Lipinski definition) is 4. The maximum absolute atomic E-state index is 5.42. The summed E-state index contributed by atoms with van der Waals surface area (Å²) in [6.07, 6.45) is 3.72. The molecule has 2 saturated heterocycles. The van der Waals surface area contributed by atoms with Crippen molar-refractivity contribution in [3.63, 3.8) is 0 Å². The highest BCUT2D eigenvalue weighted by Crippen LogP contribution is 2.31. The molecule has 0 aliphatic carbocycles. The van der Waals surface area contributed by atoms with Gasteiger partial charge in [0.2, 0.25) is 0 Å². The monoisotopic (exact) mass is 238 g/mol. The molecule has 0 bridgehead atoms. The van der Waals surface area contributed by atoms with Gasteiger partial charge in [0.15, 0.2) is 0 Å². The van der Waals surface area contributed by atoms with Gasteiger partial charge in [0.25, 0.3) is 0 Å². The van der Waals surface area contributed by atoms with E-state index < -0.39 is 0 Å². The molecule has 2 atom stereocenters. The summed E-state index contributed by atoms with van der Waals surface area (Å²) < 4.78 is 5.42. The average Bonchev–Trinajstić information content (AvgIpc) is 3.01. The zero-order chi connectivity index (χ0) is 10.8. The van der Waals surface area contributed by atoms with E-state index in [9.17, 15) is 0 Å². The van der Waals surface area contributed by atoms with Gasteiger partial charge >= 0.3 is 0 Å². The van der Waals surface area contributed by atoms with E-state index in [4.69, 9.17) is 9.72 Å². The van der Waals surface area contributed by atoms with E-state index in [1.54, 1.807) is 0 Å². The summed E-state index contributed by atoms with van der Waals surface area (Å²) >= 11 is 1.84. The van der Waals surface area contributed by atoms with Crippen molar-refractivity contribution < 1.29 is 4.74 Å². The highest BCUT2D eigenvalue weighted by Gasteiger charge is 2.23. The van der Waals surface area contributed by atoms with Crippen LogP contribution < -0.4 is 5.32 Å². The van der Waals surface area contributed by atoms with Crippen molar-refractivity contribution in [1.82, 2.24) is 10.3 Å². The average molecular weight is 238 g/mol. The molecule has 0 radical (unpaired) electrons. The van der Waals surface area contributed by atoms with Gasteiger partial charge in [0.05, 0.1) is 17.3 Å². The molecule has 16 heavy (non-hydrogen) atoms. The standard InChI is InChI=1S/C12H18N2OS/c1-2-9(6-13-4-1)12-14-11(8-16-12)10-3-5-15-7-10/h8-10,13H,1-7H2. The van der Waals surface area contributed by atoms with E-state index in [-0.39, 0.29) is 0 Å². The van der Waals surface area contributed by atoms with Crippen LogP contribution >= 0.6 is 11.3 Å². The number of nitrogens with zero attached hydrogens (tertiary/aromatic N) is 1. The molecule has 0 saturated carbocycles. The van der Waals surface area contributed by atoms with Gasteiger partial charge in [-0.15, -0.1) is 11.3 Å². The van der Waals surface area contributed by atoms with Gasteiger partial charge < -0.3 is 10.1 Å². The molecule has 0 spiro atoms. The second kappa shape index (κ2) is 4.82. The molecule has 2 unspecified atom stereocenters. The Balaban J connectivity index is 1.71. The first-order valence-corrected chi connectivity index (χ1v) is 7.05. The highest BCUT2D eigenvalue weighted by molar-refractivity contribution is 7.09. The minimum atomic E-state index is 0.557. The molecule has 3 rings (SSSR count). The minimum Gasteiger partial charge on any atom is -0.381 e. The summed E-state index contributed by atoms with van der Waals surface area (Å²) in [5.74, 6) is 1.20. The lowest BCUT2D eigenvalue weighted by Gasteiger charge is -2.20. The van der Waals surface area contributed by atoms with Gasteiger partial charge in [-0.05, 0) is 25.8 Å². The Morgan fingerprint density at radius 1 is 1.38 bits per heavy atom. The zero-order valence-corrected chi connectivity index (χ0v) is 10.3. The van der Waals surface area contributed by atoms with Crippen LogP contribution in [0.15, 0.2) is 5.38 Å². The molecule has 2 aliphatic heterocycles. The fourth-order valence-corrected chi connectivity index (χ4v) is 3.54. The summed E-state index contributed by atoms with van der Waals surface area (Å²) in [6.45, 7) is 4.05. The van der Waals surface area contributed by atoms with Crippen molar-refractivity contribution >= 4 is 11.3 Å². The molecule has 3 heterocycles. The Morgan fingerprint density at radius 3 is 3.12 bits per heavy atom. The SMILES string of the molecule is c1sc(C2CCCNC2)nc1C1CCOC1. The molecular weight excluding hydrogens is 220 g/mol. The van der Waals surface area contributed by atoms with Crippen LogP contribution in [0.5, 0.6) is 0 Å². The van der Waals surface area contributed by atoms with Gasteiger partial charge in [0, 0.05) is 30.4 Å². The third-order valence-electron chi connectivity index (χ3n) is 3.53. The first-order valence-electron chi connectivity index (χ1n) is 6.17. The Morgan fingerprint density at radius 2 is 2.38 bits per heavy atom. The molecule has 1 aromatic rings. The lowest BCUT2D eigenvalue weighted by Crippen LogP contribution is -2.28. The van der Waals surface area contributed by atoms with E-state index in [0.717, 1.165) is 26.2 Å². The number of hydrogen-bond donors (Lipinski definition) is 1. The van der Waals surface area contributed by atoms with E-state index >= 15 is 0 Å². The van der Waals surface area contributed by atoms with Crippen molar-refractivity contribution in [3.05, 3.63) is 16.1 Å². The van der Waals surface area contributed by atoms with Crippen LogP contribution in [0.25, 0.3) is 0 Å². The molecule has 4 heteroatoms. The smallest absolute Gasteiger partial charge is 0.0972 e. The van der Waals surface area contributed by atoms with Gasteiger partial charge in [-0.2, -0.15) is 0 Å². The van der Waals surface area contributed by atoms with E-state index in [1.807, 2.05) is 11.3 Å². The first-order chi connectivity index (χ1) is 7.93. The minimum absolute atomic E-state index is 0.557. The summed E-state index contributed by atoms with van der Waals surface area (Å²) in [4.78, 5) is 4.81. The summed E-state index contributed by atoms with van der Waals surface area (Å²) in [5.41, 5.74) is 1.27. The molecule has 88 valence electrons. The quantitative estimate of drug-likeness (QED) is 0.857. The molecule has 1 N–H and O–H groups in total. The molecule has 1 aromatic heterocycles. The van der Waals surface area contributed by atoms with E-state index in [0.29, 0.717) is 11.8 Å². The van der Waals surface area contributed by atoms with E-state index in [2.05, 4.69) is 10.7 Å². The maximum atomic E-state index is 5.42. The highest BCUT2D eigenvalue weighted by atomic mass is 32.1. The predicted molar refractivity (Wildman–Crippen MR) is 65.1 cm³/mol. The number of thiazole rings is 1. The van der Waals surface area contributed by atoms with Crippen molar-refractivity contribution in [1.29, 1.82) is 0 Å². The molecular formula is C12H18N2OS. The van der Waals surface area contributed by atoms with Crippen LogP contribution in [0.1, 0.15) is 41.8 Å². The third kappa shape index (κ3) is 2.14. The second-order valence-corrected chi connectivity index (χ2v) is 5.60. The van der Waals surface area contributed by atoms with Crippen LogP contribution in [0, 0.1) is 0 Å². The largest absolute Gasteiger partial charge is 0.381 e. The van der Waals surface area contributed by atoms with Gasteiger partial charge in [-0.3, -0.25) is 0 Å². The number of ether oxygens (including phenoxy) is 1. The summed E-state index contributed by atoms with van der Waals surface area (Å²) in [5, 5.41) is 7.02. The maximum Gasteiger partial charge on any atom is 0.0972 e. The number of piperidine rings is 1. The fourth-order valence-electron chi connectivity index (χ4n) is 2.51. The second-order valence-electron chi connectivity index (χ2n) is 4.71. The van der Waals surface area contributed by atoms with Crippen LogP contribution in [0.3, 0.4) is 0 Å². The van der Waals surface area contributed by atoms with Crippen molar-refractivity contribution in [3.8, 4) is 0 Å². The van der Waals surface area contributed by atoms with Crippen LogP contribution in [-0.4, -0.2) is 31.3 Å². The first kappa shape index (κ1) is 10.7.